The van der Waals surface area contributed by atoms with Gasteiger partial charge < -0.3 is 0 Å². The molecule has 0 radical (unpaired) electrons. The smallest absolute Gasteiger partial charge is 0.115 e. The molecule has 1 fully saturated rings. The highest BCUT2D eigenvalue weighted by Gasteiger charge is 2.24. The molecule has 0 aromatic carbocycles. The fraction of sp³-hybridized carbons (Fsp3) is 0.600. The molecule has 1 aromatic rings. The van der Waals surface area contributed by atoms with E-state index < -0.39 is 0 Å². The molecule has 0 amide bonds. The van der Waals surface area contributed by atoms with Crippen molar-refractivity contribution in [1.82, 2.24) is 9.97 Å². The number of aromatic nitrogens is 2. The van der Waals surface area contributed by atoms with E-state index in [9.17, 15) is 0 Å². The minimum Gasteiger partial charge on any atom is -0.245 e. The van der Waals surface area contributed by atoms with Crippen molar-refractivity contribution in [3.05, 3.63) is 24.3 Å². The molecule has 0 bridgehead atoms. The first-order chi connectivity index (χ1) is 5.88. The average molecular weight is 162 g/mol. The summed E-state index contributed by atoms with van der Waals surface area (Å²) in [7, 11) is 0. The Bertz CT molecular complexity index is 245. The minimum absolute atomic E-state index is 0.714. The van der Waals surface area contributed by atoms with Gasteiger partial charge >= 0.3 is 0 Å². The second kappa shape index (κ2) is 3.21. The van der Waals surface area contributed by atoms with Crippen LogP contribution in [0.1, 0.15) is 37.7 Å². The van der Waals surface area contributed by atoms with Crippen LogP contribution in [-0.4, -0.2) is 9.97 Å². The van der Waals surface area contributed by atoms with Crippen LogP contribution in [0, 0.1) is 5.92 Å². The van der Waals surface area contributed by atoms with E-state index in [0.717, 1.165) is 5.92 Å². The molecular formula is C10H14N2. The van der Waals surface area contributed by atoms with Gasteiger partial charge in [-0.2, -0.15) is 0 Å². The molecule has 2 atom stereocenters. The number of hydrogen-bond acceptors (Lipinski definition) is 2. The van der Waals surface area contributed by atoms with Crippen molar-refractivity contribution in [3.63, 3.8) is 0 Å². The van der Waals surface area contributed by atoms with Crippen LogP contribution in [0.3, 0.4) is 0 Å². The van der Waals surface area contributed by atoms with Crippen molar-refractivity contribution in [2.24, 2.45) is 5.92 Å². The Morgan fingerprint density at radius 3 is 2.58 bits per heavy atom. The minimum atomic E-state index is 0.714. The van der Waals surface area contributed by atoms with Crippen molar-refractivity contribution in [2.45, 2.75) is 32.1 Å². The van der Waals surface area contributed by atoms with Gasteiger partial charge in [-0.05, 0) is 23.8 Å². The summed E-state index contributed by atoms with van der Waals surface area (Å²) in [5.74, 6) is 1.53. The summed E-state index contributed by atoms with van der Waals surface area (Å²) >= 11 is 0. The molecule has 0 spiro atoms. The van der Waals surface area contributed by atoms with E-state index in [1.165, 1.54) is 24.8 Å². The van der Waals surface area contributed by atoms with E-state index in [0.29, 0.717) is 5.92 Å². The summed E-state index contributed by atoms with van der Waals surface area (Å²) in [5.41, 5.74) is 1.32. The maximum atomic E-state index is 4.05. The van der Waals surface area contributed by atoms with Crippen molar-refractivity contribution in [3.8, 4) is 0 Å². The predicted octanol–water partition coefficient (Wildman–Crippen LogP) is 2.38. The lowest BCUT2D eigenvalue weighted by molar-refractivity contribution is 0.530. The van der Waals surface area contributed by atoms with E-state index in [4.69, 9.17) is 0 Å². The van der Waals surface area contributed by atoms with E-state index in [-0.39, 0.29) is 0 Å². The van der Waals surface area contributed by atoms with Gasteiger partial charge in [0.2, 0.25) is 0 Å². The molecule has 0 saturated heterocycles. The number of rotatable bonds is 1. The van der Waals surface area contributed by atoms with Crippen molar-refractivity contribution >= 4 is 0 Å². The fourth-order valence-corrected chi connectivity index (χ4v) is 2.14. The van der Waals surface area contributed by atoms with Crippen LogP contribution in [0.15, 0.2) is 18.7 Å². The molecule has 0 aliphatic heterocycles. The largest absolute Gasteiger partial charge is 0.245 e. The van der Waals surface area contributed by atoms with Gasteiger partial charge in [-0.25, -0.2) is 9.97 Å². The van der Waals surface area contributed by atoms with Gasteiger partial charge in [-0.1, -0.05) is 19.8 Å². The summed E-state index contributed by atoms with van der Waals surface area (Å²) in [6, 6.07) is 0. The van der Waals surface area contributed by atoms with Gasteiger partial charge in [0, 0.05) is 12.4 Å². The Hall–Kier alpha value is -0.920. The van der Waals surface area contributed by atoms with Gasteiger partial charge in [0.1, 0.15) is 6.33 Å². The van der Waals surface area contributed by atoms with Gasteiger partial charge in [-0.15, -0.1) is 0 Å². The predicted molar refractivity (Wildman–Crippen MR) is 47.8 cm³/mol. The van der Waals surface area contributed by atoms with Crippen LogP contribution in [-0.2, 0) is 0 Å². The SMILES string of the molecule is CC1CCCC1c1cncnc1. The maximum absolute atomic E-state index is 4.05. The first-order valence-electron chi connectivity index (χ1n) is 4.63. The number of hydrogen-bond donors (Lipinski definition) is 0. The third kappa shape index (κ3) is 1.33. The zero-order valence-corrected chi connectivity index (χ0v) is 7.40. The molecule has 12 heavy (non-hydrogen) atoms. The fourth-order valence-electron chi connectivity index (χ4n) is 2.14. The zero-order valence-electron chi connectivity index (χ0n) is 7.40. The third-order valence-electron chi connectivity index (χ3n) is 2.87. The van der Waals surface area contributed by atoms with E-state index in [2.05, 4.69) is 16.9 Å². The van der Waals surface area contributed by atoms with E-state index in [1.807, 2.05) is 12.4 Å². The van der Waals surface area contributed by atoms with Crippen LogP contribution in [0.4, 0.5) is 0 Å². The highest BCUT2D eigenvalue weighted by atomic mass is 14.8. The summed E-state index contributed by atoms with van der Waals surface area (Å²) in [6.07, 6.45) is 9.55. The normalized spacial score (nSPS) is 29.1. The van der Waals surface area contributed by atoms with Crippen molar-refractivity contribution < 1.29 is 0 Å². The lowest BCUT2D eigenvalue weighted by Gasteiger charge is -2.13. The Balaban J connectivity index is 2.19. The third-order valence-corrected chi connectivity index (χ3v) is 2.87. The molecule has 64 valence electrons. The zero-order chi connectivity index (χ0) is 8.39. The number of nitrogens with zero attached hydrogens (tertiary/aromatic N) is 2. The molecular weight excluding hydrogens is 148 g/mol. The topological polar surface area (TPSA) is 25.8 Å². The quantitative estimate of drug-likeness (QED) is 0.633. The lowest BCUT2D eigenvalue weighted by atomic mass is 9.92. The van der Waals surface area contributed by atoms with Crippen LogP contribution < -0.4 is 0 Å². The molecule has 2 rings (SSSR count). The highest BCUT2D eigenvalue weighted by molar-refractivity contribution is 5.12. The second-order valence-electron chi connectivity index (χ2n) is 3.69. The van der Waals surface area contributed by atoms with Gasteiger partial charge in [-0.3, -0.25) is 0 Å². The van der Waals surface area contributed by atoms with E-state index >= 15 is 0 Å². The van der Waals surface area contributed by atoms with Crippen molar-refractivity contribution in [2.75, 3.05) is 0 Å². The Labute approximate surface area is 73.1 Å². The van der Waals surface area contributed by atoms with Crippen LogP contribution in [0.2, 0.25) is 0 Å². The summed E-state index contributed by atoms with van der Waals surface area (Å²) < 4.78 is 0. The molecule has 1 saturated carbocycles. The second-order valence-corrected chi connectivity index (χ2v) is 3.69. The highest BCUT2D eigenvalue weighted by Crippen LogP contribution is 2.38. The van der Waals surface area contributed by atoms with E-state index in [1.54, 1.807) is 6.33 Å². The van der Waals surface area contributed by atoms with Crippen molar-refractivity contribution in [1.29, 1.82) is 0 Å². The Morgan fingerprint density at radius 1 is 1.25 bits per heavy atom. The summed E-state index contributed by atoms with van der Waals surface area (Å²) in [4.78, 5) is 8.11. The van der Waals surface area contributed by atoms with Crippen LogP contribution in [0.25, 0.3) is 0 Å². The average Bonchev–Trinajstić information content (AvgIpc) is 2.53. The van der Waals surface area contributed by atoms with Crippen LogP contribution >= 0.6 is 0 Å². The van der Waals surface area contributed by atoms with Gasteiger partial charge in [0.25, 0.3) is 0 Å². The van der Waals surface area contributed by atoms with Gasteiger partial charge in [0.15, 0.2) is 0 Å². The summed E-state index contributed by atoms with van der Waals surface area (Å²) in [6.45, 7) is 2.32. The monoisotopic (exact) mass is 162 g/mol. The molecule has 1 heterocycles. The van der Waals surface area contributed by atoms with Gasteiger partial charge in [0.05, 0.1) is 0 Å². The summed E-state index contributed by atoms with van der Waals surface area (Å²) in [5, 5.41) is 0. The first-order valence-corrected chi connectivity index (χ1v) is 4.63. The molecule has 1 aliphatic rings. The molecule has 2 unspecified atom stereocenters. The first kappa shape index (κ1) is 7.71. The molecule has 1 aliphatic carbocycles. The maximum Gasteiger partial charge on any atom is 0.115 e. The molecule has 0 N–H and O–H groups in total. The molecule has 2 heteroatoms. The van der Waals surface area contributed by atoms with Crippen LogP contribution in [0.5, 0.6) is 0 Å². The Kier molecular flexibility index (Phi) is 2.07. The molecule has 1 aromatic heterocycles. The molecule has 2 nitrogen and oxygen atoms in total. The lowest BCUT2D eigenvalue weighted by Crippen LogP contribution is -2.02. The standard InChI is InChI=1S/C10H14N2/c1-8-3-2-4-10(8)9-5-11-7-12-6-9/h5-8,10H,2-4H2,1H3. The Morgan fingerprint density at radius 2 is 2.00 bits per heavy atom.